The summed E-state index contributed by atoms with van der Waals surface area (Å²) < 4.78 is 25.3. The quantitative estimate of drug-likeness (QED) is 0.441. The van der Waals surface area contributed by atoms with Crippen molar-refractivity contribution < 1.29 is 23.5 Å². The number of para-hydroxylation sites is 1. The molecule has 2 amide bonds. The highest BCUT2D eigenvalue weighted by Gasteiger charge is 2.17. The first-order valence-corrected chi connectivity index (χ1v) is 9.96. The van der Waals surface area contributed by atoms with E-state index in [1.165, 1.54) is 18.2 Å². The fourth-order valence-electron chi connectivity index (χ4n) is 3.47. The van der Waals surface area contributed by atoms with Gasteiger partial charge in [0.2, 0.25) is 0 Å². The Bertz CT molecular complexity index is 1320. The van der Waals surface area contributed by atoms with E-state index in [0.29, 0.717) is 41.7 Å². The molecule has 4 aromatic rings. The molecular weight excluding hydrogens is 413 g/mol. The number of hydrogen-bond acceptors (Lipinski definition) is 4. The standard InChI is InChI=1S/C24H18FN3O4/c25-17-7-6-16(26-23(29)15-5-8-21-22(12-15)32-10-9-31-21)13-19(17)28-24(30)20-11-14-3-1-2-4-18(14)27-20/h1-8,11-13,27H,9-10H2,(H,26,29)(H,28,30). The number of nitrogens with one attached hydrogen (secondary N) is 3. The predicted octanol–water partition coefficient (Wildman–Crippen LogP) is 4.58. The smallest absolute Gasteiger partial charge is 0.272 e. The van der Waals surface area contributed by atoms with E-state index in [9.17, 15) is 14.0 Å². The number of carbonyl (C=O) groups is 2. The summed E-state index contributed by atoms with van der Waals surface area (Å²) in [7, 11) is 0. The predicted molar refractivity (Wildman–Crippen MR) is 118 cm³/mol. The third kappa shape index (κ3) is 3.85. The number of amides is 2. The lowest BCUT2D eigenvalue weighted by molar-refractivity contribution is 0.101. The Morgan fingerprint density at radius 3 is 2.50 bits per heavy atom. The van der Waals surface area contributed by atoms with Gasteiger partial charge >= 0.3 is 0 Å². The molecule has 0 atom stereocenters. The van der Waals surface area contributed by atoms with Crippen LogP contribution in [0.2, 0.25) is 0 Å². The van der Waals surface area contributed by atoms with E-state index in [-0.39, 0.29) is 5.69 Å². The molecule has 1 aliphatic heterocycles. The Balaban J connectivity index is 1.33. The van der Waals surface area contributed by atoms with Gasteiger partial charge < -0.3 is 25.1 Å². The van der Waals surface area contributed by atoms with Crippen LogP contribution in [-0.4, -0.2) is 30.0 Å². The number of halogens is 1. The van der Waals surface area contributed by atoms with Crippen LogP contribution >= 0.6 is 0 Å². The Labute approximate surface area is 182 Å². The summed E-state index contributed by atoms with van der Waals surface area (Å²) >= 11 is 0. The highest BCUT2D eigenvalue weighted by Crippen LogP contribution is 2.31. The van der Waals surface area contributed by atoms with E-state index < -0.39 is 17.6 Å². The summed E-state index contributed by atoms with van der Waals surface area (Å²) in [4.78, 5) is 28.3. The molecule has 160 valence electrons. The number of rotatable bonds is 4. The minimum atomic E-state index is -0.619. The van der Waals surface area contributed by atoms with Crippen LogP contribution in [0.1, 0.15) is 20.8 Å². The lowest BCUT2D eigenvalue weighted by Crippen LogP contribution is -2.17. The summed E-state index contributed by atoms with van der Waals surface area (Å²) in [5.41, 5.74) is 1.75. The van der Waals surface area contributed by atoms with Crippen LogP contribution in [0, 0.1) is 5.82 Å². The summed E-state index contributed by atoms with van der Waals surface area (Å²) in [6, 6.07) is 18.0. The molecule has 0 saturated heterocycles. The van der Waals surface area contributed by atoms with Crippen LogP contribution in [0.25, 0.3) is 10.9 Å². The summed E-state index contributed by atoms with van der Waals surface area (Å²) in [6.07, 6.45) is 0. The van der Waals surface area contributed by atoms with Crippen LogP contribution in [-0.2, 0) is 0 Å². The highest BCUT2D eigenvalue weighted by molar-refractivity contribution is 6.07. The third-order valence-corrected chi connectivity index (χ3v) is 5.05. The van der Waals surface area contributed by atoms with Crippen molar-refractivity contribution in [2.24, 2.45) is 0 Å². The van der Waals surface area contributed by atoms with E-state index in [2.05, 4.69) is 15.6 Å². The van der Waals surface area contributed by atoms with E-state index in [1.54, 1.807) is 24.3 Å². The Hall–Kier alpha value is -4.33. The molecule has 5 rings (SSSR count). The van der Waals surface area contributed by atoms with Crippen molar-refractivity contribution in [3.63, 3.8) is 0 Å². The van der Waals surface area contributed by atoms with Crippen LogP contribution < -0.4 is 20.1 Å². The van der Waals surface area contributed by atoms with Gasteiger partial charge in [0.15, 0.2) is 11.5 Å². The second-order valence-electron chi connectivity index (χ2n) is 7.23. The van der Waals surface area contributed by atoms with Gasteiger partial charge in [-0.25, -0.2) is 4.39 Å². The number of carbonyl (C=O) groups excluding carboxylic acids is 2. The second-order valence-corrected chi connectivity index (χ2v) is 7.23. The Morgan fingerprint density at radius 2 is 1.66 bits per heavy atom. The molecule has 3 N–H and O–H groups in total. The van der Waals surface area contributed by atoms with E-state index in [4.69, 9.17) is 9.47 Å². The van der Waals surface area contributed by atoms with E-state index in [0.717, 1.165) is 10.9 Å². The number of benzene rings is 3. The van der Waals surface area contributed by atoms with E-state index in [1.807, 2.05) is 24.3 Å². The number of anilines is 2. The Morgan fingerprint density at radius 1 is 0.844 bits per heavy atom. The van der Waals surface area contributed by atoms with Crippen molar-refractivity contribution >= 4 is 34.1 Å². The molecule has 0 unspecified atom stereocenters. The zero-order valence-corrected chi connectivity index (χ0v) is 16.8. The number of aromatic amines is 1. The zero-order chi connectivity index (χ0) is 22.1. The molecule has 8 heteroatoms. The second kappa shape index (κ2) is 8.07. The van der Waals surface area contributed by atoms with Crippen LogP contribution in [0.3, 0.4) is 0 Å². The average Bonchev–Trinajstić information content (AvgIpc) is 3.25. The van der Waals surface area contributed by atoms with Gasteiger partial charge in [0.05, 0.1) is 5.69 Å². The molecule has 32 heavy (non-hydrogen) atoms. The largest absolute Gasteiger partial charge is 0.486 e. The number of aromatic nitrogens is 1. The summed E-state index contributed by atoms with van der Waals surface area (Å²) in [5, 5.41) is 6.13. The maximum Gasteiger partial charge on any atom is 0.272 e. The monoisotopic (exact) mass is 431 g/mol. The van der Waals surface area contributed by atoms with Gasteiger partial charge in [-0.1, -0.05) is 18.2 Å². The summed E-state index contributed by atoms with van der Waals surface area (Å²) in [6.45, 7) is 0.872. The van der Waals surface area contributed by atoms with Crippen LogP contribution in [0.15, 0.2) is 66.7 Å². The highest BCUT2D eigenvalue weighted by atomic mass is 19.1. The molecule has 1 aromatic heterocycles. The number of hydrogen-bond donors (Lipinski definition) is 3. The van der Waals surface area contributed by atoms with Gasteiger partial charge in [0, 0.05) is 22.2 Å². The lowest BCUT2D eigenvalue weighted by Gasteiger charge is -2.18. The van der Waals surface area contributed by atoms with Gasteiger partial charge in [-0.2, -0.15) is 0 Å². The van der Waals surface area contributed by atoms with Crippen molar-refractivity contribution in [3.8, 4) is 11.5 Å². The molecule has 0 radical (unpaired) electrons. The SMILES string of the molecule is O=C(Nc1ccc(F)c(NC(=O)c2cc3ccccc3[nH]2)c1)c1ccc2c(c1)OCCO2. The fraction of sp³-hybridized carbons (Fsp3) is 0.0833. The zero-order valence-electron chi connectivity index (χ0n) is 16.8. The van der Waals surface area contributed by atoms with Gasteiger partial charge in [-0.3, -0.25) is 9.59 Å². The molecule has 0 saturated carbocycles. The fourth-order valence-corrected chi connectivity index (χ4v) is 3.47. The molecule has 1 aliphatic rings. The van der Waals surface area contributed by atoms with Gasteiger partial charge in [0.1, 0.15) is 24.7 Å². The molecular formula is C24H18FN3O4. The van der Waals surface area contributed by atoms with Crippen molar-refractivity contribution in [2.75, 3.05) is 23.8 Å². The molecule has 3 aromatic carbocycles. The molecule has 0 spiro atoms. The Kier molecular flexibility index (Phi) is 4.95. The lowest BCUT2D eigenvalue weighted by atomic mass is 10.1. The van der Waals surface area contributed by atoms with Gasteiger partial charge in [-0.05, 0) is 48.5 Å². The average molecular weight is 431 g/mol. The molecule has 0 bridgehead atoms. The van der Waals surface area contributed by atoms with Gasteiger partial charge in [0.25, 0.3) is 11.8 Å². The number of fused-ring (bicyclic) bond motifs is 2. The molecule has 2 heterocycles. The number of ether oxygens (including phenoxy) is 2. The maximum atomic E-state index is 14.3. The number of H-pyrrole nitrogens is 1. The topological polar surface area (TPSA) is 92.5 Å². The van der Waals surface area contributed by atoms with Crippen molar-refractivity contribution in [2.45, 2.75) is 0 Å². The maximum absolute atomic E-state index is 14.3. The molecule has 0 fully saturated rings. The third-order valence-electron chi connectivity index (χ3n) is 5.05. The first-order chi connectivity index (χ1) is 15.6. The van der Waals surface area contributed by atoms with Crippen molar-refractivity contribution in [1.29, 1.82) is 0 Å². The van der Waals surface area contributed by atoms with Gasteiger partial charge in [-0.15, -0.1) is 0 Å². The van der Waals surface area contributed by atoms with Crippen LogP contribution in [0.5, 0.6) is 11.5 Å². The minimum Gasteiger partial charge on any atom is -0.486 e. The van der Waals surface area contributed by atoms with Crippen LogP contribution in [0.4, 0.5) is 15.8 Å². The van der Waals surface area contributed by atoms with E-state index >= 15 is 0 Å². The normalized spacial score (nSPS) is 12.4. The van der Waals surface area contributed by atoms with Crippen molar-refractivity contribution in [1.82, 2.24) is 4.98 Å². The van der Waals surface area contributed by atoms with Crippen molar-refractivity contribution in [3.05, 3.63) is 83.8 Å². The molecule has 0 aliphatic carbocycles. The minimum absolute atomic E-state index is 0.0476. The molecule has 7 nitrogen and oxygen atoms in total. The summed E-state index contributed by atoms with van der Waals surface area (Å²) in [5.74, 6) is -0.436. The first kappa shape index (κ1) is 19.6. The first-order valence-electron chi connectivity index (χ1n) is 9.96.